The van der Waals surface area contributed by atoms with Crippen molar-refractivity contribution in [2.75, 3.05) is 5.32 Å². The zero-order valence-corrected chi connectivity index (χ0v) is 22.8. The molecule has 4 amide bonds. The van der Waals surface area contributed by atoms with Crippen molar-refractivity contribution in [1.29, 1.82) is 0 Å². The second kappa shape index (κ2) is 11.3. The highest BCUT2D eigenvalue weighted by molar-refractivity contribution is 7.11. The molecule has 0 bridgehead atoms. The smallest absolute Gasteiger partial charge is 0.408 e. The predicted octanol–water partition coefficient (Wildman–Crippen LogP) is 2.13. The number of aromatic nitrogens is 4. The zero-order chi connectivity index (χ0) is 28.3. The lowest BCUT2D eigenvalue weighted by Crippen LogP contribution is -2.45. The van der Waals surface area contributed by atoms with Crippen LogP contribution < -0.4 is 21.5 Å². The Balaban J connectivity index is 1.40. The van der Waals surface area contributed by atoms with E-state index in [0.29, 0.717) is 33.5 Å². The number of nitrogens with one attached hydrogen (secondary N) is 3. The van der Waals surface area contributed by atoms with E-state index >= 15 is 0 Å². The van der Waals surface area contributed by atoms with Crippen molar-refractivity contribution < 1.29 is 23.9 Å². The van der Waals surface area contributed by atoms with Crippen LogP contribution in [0.1, 0.15) is 61.9 Å². The molecule has 1 unspecified atom stereocenters. The first-order chi connectivity index (χ1) is 18.4. The molecular formula is C25H29N7O6S. The monoisotopic (exact) mass is 555 g/mol. The topological polar surface area (TPSA) is 174 Å². The van der Waals surface area contributed by atoms with Gasteiger partial charge >= 0.3 is 6.09 Å². The number of aryl methyl sites for hydroxylation is 2. The third-order valence-electron chi connectivity index (χ3n) is 5.76. The van der Waals surface area contributed by atoms with Crippen LogP contribution in [0.15, 0.2) is 23.0 Å². The Labute approximate surface area is 227 Å². The van der Waals surface area contributed by atoms with Gasteiger partial charge in [0.25, 0.3) is 5.56 Å². The molecule has 206 valence electrons. The quantitative estimate of drug-likeness (QED) is 0.369. The van der Waals surface area contributed by atoms with Gasteiger partial charge in [-0.15, -0.1) is 10.2 Å². The normalized spacial score (nSPS) is 15.6. The molecule has 1 saturated heterocycles. The van der Waals surface area contributed by atoms with Crippen LogP contribution in [0.25, 0.3) is 10.9 Å². The molecule has 2 aromatic heterocycles. The maximum absolute atomic E-state index is 13.3. The first kappa shape index (κ1) is 27.8. The number of anilines is 1. The molecule has 1 aliphatic rings. The Morgan fingerprint density at radius 3 is 2.64 bits per heavy atom. The van der Waals surface area contributed by atoms with E-state index in [0.717, 1.165) is 0 Å². The molecule has 14 heteroatoms. The van der Waals surface area contributed by atoms with Crippen molar-refractivity contribution >= 4 is 51.7 Å². The second-order valence-electron chi connectivity index (χ2n) is 10.00. The molecule has 1 atom stereocenters. The van der Waals surface area contributed by atoms with Crippen LogP contribution in [-0.2, 0) is 32.1 Å². The number of benzene rings is 1. The van der Waals surface area contributed by atoms with Gasteiger partial charge in [-0.3, -0.25) is 29.1 Å². The summed E-state index contributed by atoms with van der Waals surface area (Å²) in [6.45, 7) is 7.08. The summed E-state index contributed by atoms with van der Waals surface area (Å²) in [5.74, 6) is -0.921. The molecule has 13 nitrogen and oxygen atoms in total. The summed E-state index contributed by atoms with van der Waals surface area (Å²) in [6.07, 6.45) is 0.222. The average molecular weight is 556 g/mol. The van der Waals surface area contributed by atoms with E-state index in [1.54, 1.807) is 45.9 Å². The Morgan fingerprint density at radius 1 is 1.18 bits per heavy atom. The number of ether oxygens (including phenoxy) is 1. The largest absolute Gasteiger partial charge is 0.444 e. The van der Waals surface area contributed by atoms with Crippen molar-refractivity contribution in [1.82, 2.24) is 30.4 Å². The fourth-order valence-corrected chi connectivity index (χ4v) is 4.87. The molecule has 0 spiro atoms. The number of hydrogen-bond donors (Lipinski definition) is 3. The van der Waals surface area contributed by atoms with Crippen molar-refractivity contribution in [3.05, 3.63) is 44.4 Å². The van der Waals surface area contributed by atoms with Crippen molar-refractivity contribution in [2.45, 2.75) is 71.6 Å². The summed E-state index contributed by atoms with van der Waals surface area (Å²) in [5.41, 5.74) is -0.355. The van der Waals surface area contributed by atoms with Crippen molar-refractivity contribution in [3.8, 4) is 0 Å². The Morgan fingerprint density at radius 2 is 1.92 bits per heavy atom. The first-order valence-electron chi connectivity index (χ1n) is 12.3. The third kappa shape index (κ3) is 6.82. The molecule has 3 aromatic rings. The number of carbonyl (C=O) groups excluding carboxylic acids is 4. The number of piperidine rings is 1. The number of carbonyl (C=O) groups is 4. The van der Waals surface area contributed by atoms with Gasteiger partial charge in [-0.05, 0) is 46.2 Å². The molecule has 4 rings (SSSR count). The highest BCUT2D eigenvalue weighted by Crippen LogP contribution is 2.24. The van der Waals surface area contributed by atoms with Crippen LogP contribution in [0.5, 0.6) is 0 Å². The molecule has 3 heterocycles. The number of amides is 4. The van der Waals surface area contributed by atoms with Gasteiger partial charge in [0, 0.05) is 19.3 Å². The summed E-state index contributed by atoms with van der Waals surface area (Å²) in [5, 5.41) is 17.2. The van der Waals surface area contributed by atoms with Crippen LogP contribution in [-0.4, -0.2) is 49.2 Å². The standard InChI is InChI=1S/C25H29N7O6S/c1-13-27-21-14(23(36)32(13)16-8-9-18(34)29-22(16)35)6-5-7-15(21)28-17(33)10-11-19-30-31-20(39-19)12-26-24(37)38-25(2,3)4/h5-7,16H,8-12H2,1-4H3,(H,26,37)(H,28,33)(H,29,34,35). The molecular weight excluding hydrogens is 526 g/mol. The van der Waals surface area contributed by atoms with Crippen LogP contribution in [0.3, 0.4) is 0 Å². The Bertz CT molecular complexity index is 1510. The van der Waals surface area contributed by atoms with Crippen molar-refractivity contribution in [2.24, 2.45) is 0 Å². The maximum Gasteiger partial charge on any atom is 0.408 e. The number of rotatable bonds is 7. The van der Waals surface area contributed by atoms with Crippen LogP contribution >= 0.6 is 11.3 Å². The molecule has 1 fully saturated rings. The first-order valence-corrected chi connectivity index (χ1v) is 13.2. The average Bonchev–Trinajstić information content (AvgIpc) is 3.30. The molecule has 39 heavy (non-hydrogen) atoms. The van der Waals surface area contributed by atoms with E-state index < -0.39 is 29.2 Å². The number of nitrogens with zero attached hydrogens (tertiary/aromatic N) is 4. The Hall–Kier alpha value is -4.20. The van der Waals surface area contributed by atoms with Gasteiger partial charge in [-0.25, -0.2) is 9.78 Å². The highest BCUT2D eigenvalue weighted by atomic mass is 32.1. The minimum Gasteiger partial charge on any atom is -0.444 e. The Kier molecular flexibility index (Phi) is 8.04. The number of para-hydroxylation sites is 1. The van der Waals surface area contributed by atoms with Gasteiger partial charge in [0.15, 0.2) is 0 Å². The summed E-state index contributed by atoms with van der Waals surface area (Å²) >= 11 is 1.28. The van der Waals surface area contributed by atoms with Crippen molar-refractivity contribution in [3.63, 3.8) is 0 Å². The molecule has 0 radical (unpaired) electrons. The number of imide groups is 1. The zero-order valence-electron chi connectivity index (χ0n) is 22.0. The van der Waals surface area contributed by atoms with E-state index in [2.05, 4.69) is 31.1 Å². The highest BCUT2D eigenvalue weighted by Gasteiger charge is 2.30. The maximum atomic E-state index is 13.3. The van der Waals surface area contributed by atoms with Crippen LogP contribution in [0, 0.1) is 6.92 Å². The van der Waals surface area contributed by atoms with Gasteiger partial charge in [0.1, 0.15) is 33.0 Å². The van der Waals surface area contributed by atoms with E-state index in [9.17, 15) is 24.0 Å². The minimum atomic E-state index is -0.832. The fourth-order valence-electron chi connectivity index (χ4n) is 4.08. The van der Waals surface area contributed by atoms with Gasteiger partial charge < -0.3 is 15.4 Å². The number of alkyl carbamates (subject to hydrolysis) is 1. The lowest BCUT2D eigenvalue weighted by atomic mass is 10.1. The van der Waals surface area contributed by atoms with Gasteiger partial charge in [0.05, 0.1) is 17.6 Å². The molecule has 1 aromatic carbocycles. The van der Waals surface area contributed by atoms with Crippen LogP contribution in [0.2, 0.25) is 0 Å². The number of fused-ring (bicyclic) bond motifs is 1. The predicted molar refractivity (Wildman–Crippen MR) is 142 cm³/mol. The third-order valence-corrected chi connectivity index (χ3v) is 6.74. The molecule has 0 saturated carbocycles. The lowest BCUT2D eigenvalue weighted by Gasteiger charge is -2.24. The lowest BCUT2D eigenvalue weighted by molar-refractivity contribution is -0.135. The fraction of sp³-hybridized carbons (Fsp3) is 0.440. The summed E-state index contributed by atoms with van der Waals surface area (Å²) < 4.78 is 6.48. The van der Waals surface area contributed by atoms with E-state index in [-0.39, 0.29) is 43.0 Å². The van der Waals surface area contributed by atoms with Crippen LogP contribution in [0.4, 0.5) is 10.5 Å². The minimum absolute atomic E-state index is 0.108. The number of hydrogen-bond acceptors (Lipinski definition) is 10. The summed E-state index contributed by atoms with van der Waals surface area (Å²) in [4.78, 5) is 66.2. The molecule has 0 aliphatic carbocycles. The van der Waals surface area contributed by atoms with Gasteiger partial charge in [-0.1, -0.05) is 17.4 Å². The van der Waals surface area contributed by atoms with E-state index in [1.807, 2.05) is 0 Å². The van der Waals surface area contributed by atoms with E-state index in [1.165, 1.54) is 15.9 Å². The summed E-state index contributed by atoms with van der Waals surface area (Å²) in [7, 11) is 0. The SMILES string of the molecule is Cc1nc2c(NC(=O)CCc3nnc(CNC(=O)OC(C)(C)C)s3)cccc2c(=O)n1C1CCC(=O)NC1=O. The molecule has 3 N–H and O–H groups in total. The van der Waals surface area contributed by atoms with Gasteiger partial charge in [0.2, 0.25) is 17.7 Å². The molecule has 1 aliphatic heterocycles. The van der Waals surface area contributed by atoms with E-state index in [4.69, 9.17) is 4.74 Å². The summed E-state index contributed by atoms with van der Waals surface area (Å²) in [6, 6.07) is 4.02. The second-order valence-corrected chi connectivity index (χ2v) is 11.1. The van der Waals surface area contributed by atoms with Gasteiger partial charge in [-0.2, -0.15) is 0 Å².